The van der Waals surface area contributed by atoms with E-state index in [1.807, 2.05) is 32.1 Å². The summed E-state index contributed by atoms with van der Waals surface area (Å²) in [7, 11) is -0.217. The first-order chi connectivity index (χ1) is 14.4. The van der Waals surface area contributed by atoms with Gasteiger partial charge in [0.05, 0.1) is 19.8 Å². The standard InChI is InChI=1S/C25H40O5Si/c1-10-11-19(17-12-14-18(26-7)15-13-17)21-23-22(29-25(5,6)30-23)20(28-21)16-27-31(8,9)24(2,3)4/h10,12-15,19-23H,1,11,16H2,2-9H3/t19-,20-,21-,22-,23+/m1/s1. The summed E-state index contributed by atoms with van der Waals surface area (Å²) in [4.78, 5) is 0. The maximum Gasteiger partial charge on any atom is 0.192 e. The van der Waals surface area contributed by atoms with Crippen LogP contribution in [-0.2, 0) is 18.6 Å². The molecule has 2 heterocycles. The molecule has 0 spiro atoms. The van der Waals surface area contributed by atoms with Crippen molar-refractivity contribution in [1.29, 1.82) is 0 Å². The molecule has 0 saturated carbocycles. The third-order valence-electron chi connectivity index (χ3n) is 6.96. The number of allylic oxidation sites excluding steroid dienone is 1. The van der Waals surface area contributed by atoms with Crippen LogP contribution in [0.5, 0.6) is 5.75 Å². The minimum absolute atomic E-state index is 0.117. The van der Waals surface area contributed by atoms with Crippen LogP contribution in [-0.4, -0.2) is 52.2 Å². The molecule has 0 amide bonds. The molecule has 2 aliphatic rings. The van der Waals surface area contributed by atoms with Gasteiger partial charge in [0.25, 0.3) is 0 Å². The van der Waals surface area contributed by atoms with Gasteiger partial charge < -0.3 is 23.4 Å². The van der Waals surface area contributed by atoms with Crippen LogP contribution in [0.4, 0.5) is 0 Å². The van der Waals surface area contributed by atoms with Gasteiger partial charge in [0.2, 0.25) is 0 Å². The number of hydrogen-bond acceptors (Lipinski definition) is 5. The minimum Gasteiger partial charge on any atom is -0.497 e. The Bertz CT molecular complexity index is 752. The molecule has 3 rings (SSSR count). The topological polar surface area (TPSA) is 46.2 Å². The summed E-state index contributed by atoms with van der Waals surface area (Å²) >= 11 is 0. The third kappa shape index (κ3) is 5.25. The summed E-state index contributed by atoms with van der Waals surface area (Å²) in [5, 5.41) is 0.144. The van der Waals surface area contributed by atoms with Crippen molar-refractivity contribution in [2.75, 3.05) is 13.7 Å². The fraction of sp³-hybridized carbons (Fsp3) is 0.680. The zero-order valence-electron chi connectivity index (χ0n) is 20.4. The maximum atomic E-state index is 6.62. The molecule has 1 aromatic rings. The molecular formula is C25H40O5Si. The van der Waals surface area contributed by atoms with Gasteiger partial charge in [0.15, 0.2) is 14.1 Å². The molecule has 2 fully saturated rings. The highest BCUT2D eigenvalue weighted by Crippen LogP contribution is 2.45. The number of ether oxygens (including phenoxy) is 4. The number of benzene rings is 1. The normalized spacial score (nSPS) is 28.9. The summed E-state index contributed by atoms with van der Waals surface area (Å²) in [6.45, 7) is 19.8. The molecule has 0 radical (unpaired) electrons. The Morgan fingerprint density at radius 3 is 2.29 bits per heavy atom. The van der Waals surface area contributed by atoms with Crippen molar-refractivity contribution in [3.63, 3.8) is 0 Å². The molecule has 6 heteroatoms. The molecule has 5 nitrogen and oxygen atoms in total. The Kier molecular flexibility index (Phi) is 7.09. The lowest BCUT2D eigenvalue weighted by Gasteiger charge is -2.37. The summed E-state index contributed by atoms with van der Waals surface area (Å²) in [6, 6.07) is 8.19. The van der Waals surface area contributed by atoms with Gasteiger partial charge in [0.1, 0.15) is 24.1 Å². The molecule has 5 atom stereocenters. The van der Waals surface area contributed by atoms with Gasteiger partial charge in [0, 0.05) is 5.92 Å². The first-order valence-corrected chi connectivity index (χ1v) is 14.2. The van der Waals surface area contributed by atoms with Gasteiger partial charge in [-0.3, -0.25) is 0 Å². The van der Waals surface area contributed by atoms with Crippen molar-refractivity contribution in [3.8, 4) is 5.75 Å². The van der Waals surface area contributed by atoms with Crippen molar-refractivity contribution in [1.82, 2.24) is 0 Å². The van der Waals surface area contributed by atoms with Crippen LogP contribution in [0.3, 0.4) is 0 Å². The van der Waals surface area contributed by atoms with Crippen molar-refractivity contribution < 1.29 is 23.4 Å². The fourth-order valence-electron chi connectivity index (χ4n) is 4.17. The van der Waals surface area contributed by atoms with E-state index in [0.29, 0.717) is 6.61 Å². The zero-order valence-corrected chi connectivity index (χ0v) is 21.4. The van der Waals surface area contributed by atoms with Crippen molar-refractivity contribution in [2.24, 2.45) is 0 Å². The predicted molar refractivity (Wildman–Crippen MR) is 126 cm³/mol. The third-order valence-corrected chi connectivity index (χ3v) is 11.5. The lowest BCUT2D eigenvalue weighted by atomic mass is 9.87. The lowest BCUT2D eigenvalue weighted by Crippen LogP contribution is -2.44. The quantitative estimate of drug-likeness (QED) is 0.379. The largest absolute Gasteiger partial charge is 0.497 e. The van der Waals surface area contributed by atoms with E-state index in [1.54, 1.807) is 7.11 Å². The van der Waals surface area contributed by atoms with Gasteiger partial charge in [-0.15, -0.1) is 6.58 Å². The molecule has 2 saturated heterocycles. The average molecular weight is 449 g/mol. The second kappa shape index (κ2) is 8.98. The molecule has 0 aliphatic carbocycles. The van der Waals surface area contributed by atoms with E-state index in [9.17, 15) is 0 Å². The van der Waals surface area contributed by atoms with Crippen LogP contribution >= 0.6 is 0 Å². The molecule has 0 unspecified atom stereocenters. The molecule has 0 bridgehead atoms. The van der Waals surface area contributed by atoms with Crippen LogP contribution in [0.15, 0.2) is 36.9 Å². The molecule has 174 valence electrons. The first-order valence-electron chi connectivity index (χ1n) is 11.3. The van der Waals surface area contributed by atoms with Crippen molar-refractivity contribution in [2.45, 2.75) is 95.3 Å². The highest BCUT2D eigenvalue weighted by molar-refractivity contribution is 6.74. The number of methoxy groups -OCH3 is 1. The SMILES string of the molecule is C=CC[C@H](c1ccc(OC)cc1)[C@H]1O[C@H](CO[Si](C)(C)C(C)(C)C)[C@H]2OC(C)(C)O[C@@H]12. The van der Waals surface area contributed by atoms with Crippen LogP contribution < -0.4 is 4.74 Å². The molecule has 0 aromatic heterocycles. The smallest absolute Gasteiger partial charge is 0.192 e. The minimum atomic E-state index is -1.90. The van der Waals surface area contributed by atoms with E-state index in [0.717, 1.165) is 12.2 Å². The molecule has 0 N–H and O–H groups in total. The number of fused-ring (bicyclic) bond motifs is 1. The molecule has 31 heavy (non-hydrogen) atoms. The summed E-state index contributed by atoms with van der Waals surface area (Å²) < 4.78 is 31.1. The van der Waals surface area contributed by atoms with Gasteiger partial charge >= 0.3 is 0 Å². The Hall–Kier alpha value is -1.18. The Morgan fingerprint density at radius 1 is 1.13 bits per heavy atom. The van der Waals surface area contributed by atoms with Crippen LogP contribution in [0.2, 0.25) is 18.1 Å². The summed E-state index contributed by atoms with van der Waals surface area (Å²) in [6.07, 6.45) is 2.17. The van der Waals surface area contributed by atoms with Crippen molar-refractivity contribution in [3.05, 3.63) is 42.5 Å². The van der Waals surface area contributed by atoms with E-state index in [-0.39, 0.29) is 35.4 Å². The second-order valence-corrected chi connectivity index (χ2v) is 15.5. The Morgan fingerprint density at radius 2 is 1.74 bits per heavy atom. The van der Waals surface area contributed by atoms with Crippen LogP contribution in [0.1, 0.15) is 52.5 Å². The van der Waals surface area contributed by atoms with E-state index in [4.69, 9.17) is 23.4 Å². The highest BCUT2D eigenvalue weighted by atomic mass is 28.4. The molecular weight excluding hydrogens is 408 g/mol. The van der Waals surface area contributed by atoms with Gasteiger partial charge in [-0.25, -0.2) is 0 Å². The van der Waals surface area contributed by atoms with Gasteiger partial charge in [-0.2, -0.15) is 0 Å². The Balaban J connectivity index is 1.84. The van der Waals surface area contributed by atoms with E-state index in [2.05, 4.69) is 52.6 Å². The van der Waals surface area contributed by atoms with E-state index >= 15 is 0 Å². The molecule has 2 aliphatic heterocycles. The number of rotatable bonds is 8. The van der Waals surface area contributed by atoms with E-state index < -0.39 is 14.1 Å². The monoisotopic (exact) mass is 448 g/mol. The molecule has 1 aromatic carbocycles. The first kappa shape index (κ1) is 24.5. The fourth-order valence-corrected chi connectivity index (χ4v) is 5.18. The predicted octanol–water partition coefficient (Wildman–Crippen LogP) is 5.66. The highest BCUT2D eigenvalue weighted by Gasteiger charge is 2.57. The lowest BCUT2D eigenvalue weighted by molar-refractivity contribution is -0.192. The van der Waals surface area contributed by atoms with Crippen molar-refractivity contribution >= 4 is 8.32 Å². The number of hydrogen-bond donors (Lipinski definition) is 0. The second-order valence-electron chi connectivity index (χ2n) is 10.7. The van der Waals surface area contributed by atoms with Gasteiger partial charge in [-0.1, -0.05) is 39.0 Å². The average Bonchev–Trinajstić information content (AvgIpc) is 3.17. The van der Waals surface area contributed by atoms with Crippen LogP contribution in [0.25, 0.3) is 0 Å². The summed E-state index contributed by atoms with van der Waals surface area (Å²) in [5.41, 5.74) is 1.18. The zero-order chi connectivity index (χ0) is 23.0. The van der Waals surface area contributed by atoms with E-state index in [1.165, 1.54) is 5.56 Å². The van der Waals surface area contributed by atoms with Crippen LogP contribution in [0, 0.1) is 0 Å². The Labute approximate surface area is 189 Å². The maximum absolute atomic E-state index is 6.62. The summed E-state index contributed by atoms with van der Waals surface area (Å²) in [5.74, 6) is 0.324. The van der Waals surface area contributed by atoms with Gasteiger partial charge in [-0.05, 0) is 56.1 Å².